The minimum Gasteiger partial charge on any atom is -0.309 e. The third-order valence-corrected chi connectivity index (χ3v) is 3.94. The molecule has 92 valence electrons. The average molecular weight is 277 g/mol. The first kappa shape index (κ1) is 12.6. The Hall–Kier alpha value is -0.850. The van der Waals surface area contributed by atoms with E-state index in [1.807, 2.05) is 16.8 Å². The van der Waals surface area contributed by atoms with Crippen LogP contribution < -0.4 is 5.32 Å². The van der Waals surface area contributed by atoms with Crippen LogP contribution in [0.2, 0.25) is 0 Å². The Labute approximate surface area is 105 Å². The van der Waals surface area contributed by atoms with Crippen molar-refractivity contribution < 1.29 is 13.2 Å². The standard InChI is InChI=1S/C11H10F3NS2/c1-15-10(7-2-3-16-4-7)8-5-17-6-9(8)11(12,13)14/h2-6,10,15H,1H3. The molecule has 0 bridgehead atoms. The van der Waals surface area contributed by atoms with Gasteiger partial charge in [0.15, 0.2) is 0 Å². The molecule has 2 heterocycles. The molecule has 17 heavy (non-hydrogen) atoms. The third kappa shape index (κ3) is 2.53. The van der Waals surface area contributed by atoms with E-state index in [4.69, 9.17) is 0 Å². The first-order valence-corrected chi connectivity index (χ1v) is 6.75. The second kappa shape index (κ2) is 4.80. The summed E-state index contributed by atoms with van der Waals surface area (Å²) in [4.78, 5) is 0. The van der Waals surface area contributed by atoms with Crippen molar-refractivity contribution in [2.45, 2.75) is 12.2 Å². The summed E-state index contributed by atoms with van der Waals surface area (Å²) in [6.07, 6.45) is -4.29. The van der Waals surface area contributed by atoms with Gasteiger partial charge in [0.25, 0.3) is 0 Å². The lowest BCUT2D eigenvalue weighted by atomic mass is 10.0. The summed E-state index contributed by atoms with van der Waals surface area (Å²) >= 11 is 2.55. The number of hydrogen-bond donors (Lipinski definition) is 1. The lowest BCUT2D eigenvalue weighted by molar-refractivity contribution is -0.138. The second-order valence-electron chi connectivity index (χ2n) is 3.52. The average Bonchev–Trinajstić information content (AvgIpc) is 2.87. The Morgan fingerprint density at radius 3 is 2.47 bits per heavy atom. The number of halogens is 3. The molecule has 1 atom stereocenters. The molecule has 0 aromatic carbocycles. The van der Waals surface area contributed by atoms with Crippen LogP contribution in [-0.4, -0.2) is 7.05 Å². The van der Waals surface area contributed by atoms with Gasteiger partial charge in [-0.1, -0.05) is 0 Å². The zero-order valence-corrected chi connectivity index (χ0v) is 10.5. The largest absolute Gasteiger partial charge is 0.417 e. The Morgan fingerprint density at radius 2 is 1.94 bits per heavy atom. The van der Waals surface area contributed by atoms with Crippen LogP contribution in [0.1, 0.15) is 22.7 Å². The van der Waals surface area contributed by atoms with Crippen molar-refractivity contribution in [2.75, 3.05) is 7.05 Å². The molecule has 0 spiro atoms. The van der Waals surface area contributed by atoms with Gasteiger partial charge in [0.2, 0.25) is 0 Å². The van der Waals surface area contributed by atoms with Crippen molar-refractivity contribution in [2.24, 2.45) is 0 Å². The predicted molar refractivity (Wildman–Crippen MR) is 64.5 cm³/mol. The van der Waals surface area contributed by atoms with Crippen molar-refractivity contribution in [3.8, 4) is 0 Å². The molecular weight excluding hydrogens is 267 g/mol. The summed E-state index contributed by atoms with van der Waals surface area (Å²) in [6, 6.07) is 1.44. The van der Waals surface area contributed by atoms with Crippen LogP contribution in [0.15, 0.2) is 27.6 Å². The highest BCUT2D eigenvalue weighted by atomic mass is 32.1. The lowest BCUT2D eigenvalue weighted by Crippen LogP contribution is -2.20. The maximum absolute atomic E-state index is 12.8. The van der Waals surface area contributed by atoms with Gasteiger partial charge in [-0.2, -0.15) is 35.8 Å². The summed E-state index contributed by atoms with van der Waals surface area (Å²) in [5.41, 5.74) is 0.609. The molecule has 6 heteroatoms. The highest BCUT2D eigenvalue weighted by Crippen LogP contribution is 2.38. The number of nitrogens with one attached hydrogen (secondary N) is 1. The maximum atomic E-state index is 12.8. The van der Waals surface area contributed by atoms with Crippen molar-refractivity contribution in [3.05, 3.63) is 44.3 Å². The first-order chi connectivity index (χ1) is 8.04. The fourth-order valence-corrected chi connectivity index (χ4v) is 3.27. The van der Waals surface area contributed by atoms with Crippen molar-refractivity contribution in [1.82, 2.24) is 5.32 Å². The molecule has 0 radical (unpaired) electrons. The molecule has 0 fully saturated rings. The van der Waals surface area contributed by atoms with Crippen LogP contribution >= 0.6 is 22.7 Å². The SMILES string of the molecule is CNC(c1ccsc1)c1cscc1C(F)(F)F. The van der Waals surface area contributed by atoms with E-state index in [0.29, 0.717) is 5.56 Å². The van der Waals surface area contributed by atoms with E-state index in [-0.39, 0.29) is 0 Å². The van der Waals surface area contributed by atoms with Crippen LogP contribution in [-0.2, 0) is 6.18 Å². The van der Waals surface area contributed by atoms with Gasteiger partial charge < -0.3 is 5.32 Å². The molecule has 1 nitrogen and oxygen atoms in total. The van der Waals surface area contributed by atoms with Crippen LogP contribution in [0.4, 0.5) is 13.2 Å². The van der Waals surface area contributed by atoms with Gasteiger partial charge in [-0.15, -0.1) is 0 Å². The van der Waals surface area contributed by atoms with Gasteiger partial charge in [-0.25, -0.2) is 0 Å². The normalized spacial score (nSPS) is 13.9. The van der Waals surface area contributed by atoms with E-state index in [0.717, 1.165) is 22.3 Å². The van der Waals surface area contributed by atoms with Crippen LogP contribution in [0.25, 0.3) is 0 Å². The van der Waals surface area contributed by atoms with E-state index in [1.165, 1.54) is 11.3 Å². The van der Waals surface area contributed by atoms with E-state index < -0.39 is 17.8 Å². The molecule has 0 aliphatic heterocycles. The predicted octanol–water partition coefficient (Wildman–Crippen LogP) is 4.14. The molecule has 0 amide bonds. The van der Waals surface area contributed by atoms with Crippen molar-refractivity contribution in [1.29, 1.82) is 0 Å². The van der Waals surface area contributed by atoms with Gasteiger partial charge in [-0.05, 0) is 40.4 Å². The van der Waals surface area contributed by atoms with Gasteiger partial charge in [0.1, 0.15) is 0 Å². The molecule has 2 aromatic rings. The van der Waals surface area contributed by atoms with Gasteiger partial charge in [0.05, 0.1) is 11.6 Å². The van der Waals surface area contributed by atoms with E-state index in [1.54, 1.807) is 12.4 Å². The summed E-state index contributed by atoms with van der Waals surface area (Å²) in [5, 5.41) is 9.37. The fourth-order valence-electron chi connectivity index (χ4n) is 1.70. The third-order valence-electron chi connectivity index (χ3n) is 2.47. The van der Waals surface area contributed by atoms with E-state index in [9.17, 15) is 13.2 Å². The van der Waals surface area contributed by atoms with Gasteiger partial charge in [-0.3, -0.25) is 0 Å². The minimum absolute atomic E-state index is 0.295. The Bertz CT molecular complexity index is 473. The quantitative estimate of drug-likeness (QED) is 0.889. The smallest absolute Gasteiger partial charge is 0.309 e. The molecule has 0 saturated carbocycles. The number of rotatable bonds is 3. The molecular formula is C11H10F3NS2. The zero-order valence-electron chi connectivity index (χ0n) is 8.91. The highest BCUT2D eigenvalue weighted by molar-refractivity contribution is 7.08. The Morgan fingerprint density at radius 1 is 1.18 bits per heavy atom. The maximum Gasteiger partial charge on any atom is 0.417 e. The Balaban J connectivity index is 2.42. The summed E-state index contributed by atoms with van der Waals surface area (Å²) in [6.45, 7) is 0. The first-order valence-electron chi connectivity index (χ1n) is 4.86. The summed E-state index contributed by atoms with van der Waals surface area (Å²) < 4.78 is 38.4. The lowest BCUT2D eigenvalue weighted by Gasteiger charge is -2.17. The summed E-state index contributed by atoms with van der Waals surface area (Å²) in [7, 11) is 1.67. The molecule has 0 aliphatic rings. The molecule has 0 saturated heterocycles. The summed E-state index contributed by atoms with van der Waals surface area (Å²) in [5.74, 6) is 0. The monoisotopic (exact) mass is 277 g/mol. The van der Waals surface area contributed by atoms with Crippen LogP contribution in [0.5, 0.6) is 0 Å². The molecule has 0 aliphatic carbocycles. The number of alkyl halides is 3. The molecule has 2 aromatic heterocycles. The van der Waals surface area contributed by atoms with Gasteiger partial charge in [0, 0.05) is 5.38 Å². The van der Waals surface area contributed by atoms with Crippen LogP contribution in [0.3, 0.4) is 0 Å². The number of thiophene rings is 2. The van der Waals surface area contributed by atoms with Crippen LogP contribution in [0, 0.1) is 0 Å². The highest BCUT2D eigenvalue weighted by Gasteiger charge is 2.36. The zero-order chi connectivity index (χ0) is 12.5. The van der Waals surface area contributed by atoms with E-state index >= 15 is 0 Å². The molecule has 1 N–H and O–H groups in total. The Kier molecular flexibility index (Phi) is 3.56. The van der Waals surface area contributed by atoms with Crippen molar-refractivity contribution >= 4 is 22.7 Å². The van der Waals surface area contributed by atoms with E-state index in [2.05, 4.69) is 5.32 Å². The molecule has 2 rings (SSSR count). The fraction of sp³-hybridized carbons (Fsp3) is 0.273. The molecule has 1 unspecified atom stereocenters. The minimum atomic E-state index is -4.29. The number of hydrogen-bond acceptors (Lipinski definition) is 3. The second-order valence-corrected chi connectivity index (χ2v) is 5.04. The van der Waals surface area contributed by atoms with Crippen molar-refractivity contribution in [3.63, 3.8) is 0 Å². The van der Waals surface area contributed by atoms with Gasteiger partial charge >= 0.3 is 6.18 Å². The topological polar surface area (TPSA) is 12.0 Å².